The fourth-order valence-electron chi connectivity index (χ4n) is 12.4. The minimum absolute atomic E-state index is 0.0384. The number of anilines is 2. The van der Waals surface area contributed by atoms with Gasteiger partial charge in [-0.25, -0.2) is 19.4 Å². The van der Waals surface area contributed by atoms with Crippen LogP contribution in [0.5, 0.6) is 23.0 Å². The molecule has 2 aliphatic rings. The van der Waals surface area contributed by atoms with E-state index in [1.54, 1.807) is 24.3 Å². The average Bonchev–Trinajstić information content (AvgIpc) is 0.685. The number of nitrogens with one attached hydrogen (secondary N) is 2. The van der Waals surface area contributed by atoms with Crippen LogP contribution in [0.1, 0.15) is 195 Å². The smallest absolute Gasteiger partial charge is 0.407 e. The van der Waals surface area contributed by atoms with E-state index in [-0.39, 0.29) is 34.8 Å². The Balaban J connectivity index is 1.14. The summed E-state index contributed by atoms with van der Waals surface area (Å²) in [6, 6.07) is 37.6. The number of fused-ring (bicyclic) bond motifs is 2. The lowest BCUT2D eigenvalue weighted by Crippen LogP contribution is -2.42. The van der Waals surface area contributed by atoms with E-state index < -0.39 is 47.0 Å². The number of para-hydroxylation sites is 2. The summed E-state index contributed by atoms with van der Waals surface area (Å²) in [5, 5.41) is 9.96. The van der Waals surface area contributed by atoms with E-state index in [1.807, 2.05) is 139 Å². The van der Waals surface area contributed by atoms with Crippen LogP contribution in [-0.4, -0.2) is 60.1 Å². The van der Waals surface area contributed by atoms with Gasteiger partial charge in [-0.05, 0) is 171 Å². The number of carbonyl (C=O) groups excluding carboxylic acids is 6. The summed E-state index contributed by atoms with van der Waals surface area (Å²) in [5.41, 5.74) is 6.25. The molecule has 9 aromatic rings. The zero-order valence-corrected chi connectivity index (χ0v) is 52.7. The summed E-state index contributed by atoms with van der Waals surface area (Å²) < 4.78 is 25.1. The zero-order chi connectivity index (χ0) is 63.0. The predicted octanol–water partition coefficient (Wildman–Crippen LogP) is 17.6. The molecule has 11 rings (SSSR count). The van der Waals surface area contributed by atoms with Gasteiger partial charge in [0.25, 0.3) is 23.6 Å². The molecule has 452 valence electrons. The highest BCUT2D eigenvalue weighted by atomic mass is 16.6. The van der Waals surface area contributed by atoms with Gasteiger partial charge in [-0.2, -0.15) is 0 Å². The van der Waals surface area contributed by atoms with Crippen molar-refractivity contribution in [1.29, 1.82) is 0 Å². The van der Waals surface area contributed by atoms with Crippen LogP contribution in [0.3, 0.4) is 0 Å². The normalized spacial score (nSPS) is 13.6. The minimum atomic E-state index is -0.642. The largest absolute Gasteiger partial charge is 0.457 e. The van der Waals surface area contributed by atoms with Crippen LogP contribution >= 0.6 is 0 Å². The molecule has 2 N–H and O–H groups in total. The number of alkyl carbamates (subject to hydrolysis) is 2. The van der Waals surface area contributed by atoms with Gasteiger partial charge in [0.2, 0.25) is 0 Å². The summed E-state index contributed by atoms with van der Waals surface area (Å²) >= 11 is 0. The van der Waals surface area contributed by atoms with Gasteiger partial charge in [-0.15, -0.1) is 0 Å². The van der Waals surface area contributed by atoms with Crippen molar-refractivity contribution in [3.8, 4) is 23.0 Å². The van der Waals surface area contributed by atoms with Crippen LogP contribution in [-0.2, 0) is 22.3 Å². The SMILES string of the molecule is CC(C)c1cccc(C(C)C)c1N1C(=O)c2ccc3c4c(Oc5ccc(CCNC(=O)OC(C)(C)C)cc5)cc5c6c(ccc(c7c(Oc8ccc(CCNC(=O)OC(C)(C)C)cc8)cc(c2c37)C1=O)c64)C(=O)N(c1c(C(C)C)cccc1C(C)C)C5=O. The summed E-state index contributed by atoms with van der Waals surface area (Å²) in [7, 11) is 0. The molecule has 0 saturated heterocycles. The van der Waals surface area contributed by atoms with Crippen LogP contribution in [0.2, 0.25) is 0 Å². The first-order chi connectivity index (χ1) is 41.7. The van der Waals surface area contributed by atoms with Crippen LogP contribution in [0.4, 0.5) is 21.0 Å². The quantitative estimate of drug-likeness (QED) is 0.0539. The number of imide groups is 2. The third-order valence-electron chi connectivity index (χ3n) is 16.4. The Morgan fingerprint density at radius 3 is 1.03 bits per heavy atom. The highest BCUT2D eigenvalue weighted by Gasteiger charge is 2.42. The number of ether oxygens (including phenoxy) is 4. The Hall–Kier alpha value is -9.30. The van der Waals surface area contributed by atoms with Crippen LogP contribution in [0.25, 0.3) is 43.1 Å². The Morgan fingerprint density at radius 2 is 0.727 bits per heavy atom. The maximum absolute atomic E-state index is 15.9. The zero-order valence-electron chi connectivity index (χ0n) is 52.7. The molecule has 6 amide bonds. The summed E-state index contributed by atoms with van der Waals surface area (Å²) in [6.07, 6.45) is 0.000889. The van der Waals surface area contributed by atoms with Crippen molar-refractivity contribution in [3.05, 3.63) is 177 Å². The summed E-state index contributed by atoms with van der Waals surface area (Å²) in [6.45, 7) is 28.0. The van der Waals surface area contributed by atoms with Crippen molar-refractivity contribution in [2.24, 2.45) is 0 Å². The first kappa shape index (κ1) is 60.4. The lowest BCUT2D eigenvalue weighted by Gasteiger charge is -2.34. The Bertz CT molecular complexity index is 3990. The summed E-state index contributed by atoms with van der Waals surface area (Å²) in [4.78, 5) is 90.6. The van der Waals surface area contributed by atoms with E-state index in [2.05, 4.69) is 66.0 Å². The molecule has 0 atom stereocenters. The predicted molar refractivity (Wildman–Crippen MR) is 348 cm³/mol. The molecule has 14 nitrogen and oxygen atoms in total. The molecule has 88 heavy (non-hydrogen) atoms. The standard InChI is InChI=1S/C74H76N4O10/c1-39(2)47-17-15-18-48(40(3)4)65(47)77-67(79)53-31-29-51-62-58(86-46-27-23-44(24-28-46)34-36-76-72(84)88-74(12,13)14)38-56-60-54(68(80)78(70(56)82)66-49(41(5)6)19-16-20-50(66)42(7)8)32-30-52(64(60)62)61-57(37-55(69(77)81)59(53)63(51)61)85-45-25-21-43(22-26-45)33-35-75-71(83)87-73(9,10)11/h15-32,37-42H,33-36H2,1-14H3,(H,75,83)(H,76,84). The lowest BCUT2D eigenvalue weighted by atomic mass is 9.80. The van der Waals surface area contributed by atoms with Crippen molar-refractivity contribution < 1.29 is 47.7 Å². The monoisotopic (exact) mass is 1180 g/mol. The molecule has 2 aliphatic heterocycles. The second-order valence-electron chi connectivity index (χ2n) is 26.3. The fraction of sp³-hybridized carbons (Fsp3) is 0.324. The van der Waals surface area contributed by atoms with Gasteiger partial charge >= 0.3 is 12.2 Å². The average molecular weight is 1180 g/mol. The molecule has 0 saturated carbocycles. The maximum Gasteiger partial charge on any atom is 0.407 e. The molecular formula is C74H76N4O10. The van der Waals surface area contributed by atoms with Gasteiger partial charge in [0.1, 0.15) is 34.2 Å². The molecule has 0 fully saturated rings. The van der Waals surface area contributed by atoms with E-state index >= 15 is 19.2 Å². The van der Waals surface area contributed by atoms with Crippen LogP contribution in [0, 0.1) is 0 Å². The second kappa shape index (κ2) is 23.1. The molecule has 9 aromatic carbocycles. The number of hydrogen-bond acceptors (Lipinski definition) is 10. The first-order valence-corrected chi connectivity index (χ1v) is 30.5. The topological polar surface area (TPSA) is 170 Å². The van der Waals surface area contributed by atoms with Crippen molar-refractivity contribution in [2.75, 3.05) is 22.9 Å². The number of benzene rings is 9. The van der Waals surface area contributed by atoms with E-state index in [0.717, 1.165) is 33.4 Å². The molecule has 0 bridgehead atoms. The van der Waals surface area contributed by atoms with E-state index in [0.29, 0.717) is 115 Å². The minimum Gasteiger partial charge on any atom is -0.457 e. The Kier molecular flexibility index (Phi) is 15.8. The first-order valence-electron chi connectivity index (χ1n) is 30.5. The van der Waals surface area contributed by atoms with Gasteiger partial charge < -0.3 is 29.6 Å². The van der Waals surface area contributed by atoms with Gasteiger partial charge in [0, 0.05) is 56.5 Å². The number of amides is 6. The van der Waals surface area contributed by atoms with Crippen LogP contribution < -0.4 is 29.9 Å². The maximum atomic E-state index is 15.9. The Labute approximate surface area is 513 Å². The van der Waals surface area contributed by atoms with Crippen molar-refractivity contribution >= 4 is 90.3 Å². The highest BCUT2D eigenvalue weighted by Crippen LogP contribution is 2.54. The van der Waals surface area contributed by atoms with Crippen molar-refractivity contribution in [1.82, 2.24) is 10.6 Å². The van der Waals surface area contributed by atoms with E-state index in [9.17, 15) is 9.59 Å². The molecule has 2 heterocycles. The van der Waals surface area contributed by atoms with Crippen LogP contribution in [0.15, 0.2) is 121 Å². The number of hydrogen-bond donors (Lipinski definition) is 2. The van der Waals surface area contributed by atoms with Crippen molar-refractivity contribution in [2.45, 2.75) is 145 Å². The molecule has 0 spiro atoms. The van der Waals surface area contributed by atoms with E-state index in [4.69, 9.17) is 18.9 Å². The van der Waals surface area contributed by atoms with Crippen molar-refractivity contribution in [3.63, 3.8) is 0 Å². The third-order valence-corrected chi connectivity index (χ3v) is 16.4. The number of nitrogens with zero attached hydrogens (tertiary/aromatic N) is 2. The molecular weight excluding hydrogens is 1100 g/mol. The van der Waals surface area contributed by atoms with Gasteiger partial charge in [-0.1, -0.05) is 128 Å². The molecule has 0 aliphatic carbocycles. The highest BCUT2D eigenvalue weighted by molar-refractivity contribution is 6.47. The number of carbonyl (C=O) groups is 6. The summed E-state index contributed by atoms with van der Waals surface area (Å²) in [5.74, 6) is -0.622. The van der Waals surface area contributed by atoms with Gasteiger partial charge in [0.05, 0.1) is 22.5 Å². The van der Waals surface area contributed by atoms with Gasteiger partial charge in [-0.3, -0.25) is 19.2 Å². The molecule has 0 aromatic heterocycles. The molecule has 14 heteroatoms. The lowest BCUT2D eigenvalue weighted by molar-refractivity contribution is 0.0517. The van der Waals surface area contributed by atoms with E-state index in [1.165, 1.54) is 9.80 Å². The Morgan fingerprint density at radius 1 is 0.409 bits per heavy atom. The third kappa shape index (κ3) is 11.1. The molecule has 0 radical (unpaired) electrons. The number of rotatable bonds is 16. The molecule has 0 unspecified atom stereocenters. The van der Waals surface area contributed by atoms with Gasteiger partial charge in [0.15, 0.2) is 0 Å². The fourth-order valence-corrected chi connectivity index (χ4v) is 12.4. The second-order valence-corrected chi connectivity index (χ2v) is 26.3.